The van der Waals surface area contributed by atoms with E-state index in [1.807, 2.05) is 24.3 Å². The van der Waals surface area contributed by atoms with Crippen LogP contribution in [0.3, 0.4) is 0 Å². The van der Waals surface area contributed by atoms with Gasteiger partial charge in [-0.3, -0.25) is 4.79 Å². The number of carboxylic acid groups (broad SMARTS) is 1. The van der Waals surface area contributed by atoms with Gasteiger partial charge in [-0.15, -0.1) is 0 Å². The van der Waals surface area contributed by atoms with Crippen LogP contribution in [-0.4, -0.2) is 21.4 Å². The van der Waals surface area contributed by atoms with Crippen LogP contribution in [0.5, 0.6) is 0 Å². The summed E-state index contributed by atoms with van der Waals surface area (Å²) in [6, 6.07) is 7.39. The molecule has 2 rings (SSSR count). The molecule has 0 radical (unpaired) electrons. The molecular formula is C11H8N2O3S. The Hall–Kier alpha value is -2.21. The van der Waals surface area contributed by atoms with Crippen molar-refractivity contribution in [2.24, 2.45) is 0 Å². The van der Waals surface area contributed by atoms with Gasteiger partial charge in [0.2, 0.25) is 5.91 Å². The van der Waals surface area contributed by atoms with Gasteiger partial charge in [-0.25, -0.2) is 4.79 Å². The van der Waals surface area contributed by atoms with Gasteiger partial charge in [0.05, 0.1) is 5.52 Å². The van der Waals surface area contributed by atoms with Gasteiger partial charge < -0.3 is 10.4 Å². The number of rotatable bonds is 3. The summed E-state index contributed by atoms with van der Waals surface area (Å²) in [5.74, 6) is -1.64. The minimum Gasteiger partial charge on any atom is -0.478 e. The molecule has 1 amide bonds. The van der Waals surface area contributed by atoms with E-state index in [0.717, 1.165) is 34.6 Å². The number of carbonyl (C=O) groups is 2. The number of anilines is 1. The van der Waals surface area contributed by atoms with E-state index in [4.69, 9.17) is 5.11 Å². The number of aromatic nitrogens is 1. The van der Waals surface area contributed by atoms with Gasteiger partial charge in [-0.2, -0.15) is 4.37 Å². The van der Waals surface area contributed by atoms with E-state index in [0.29, 0.717) is 5.00 Å². The molecule has 2 N–H and O–H groups in total. The number of nitrogens with one attached hydrogen (secondary N) is 1. The van der Waals surface area contributed by atoms with E-state index >= 15 is 0 Å². The van der Waals surface area contributed by atoms with Gasteiger partial charge >= 0.3 is 5.97 Å². The fraction of sp³-hybridized carbons (Fsp3) is 0. The molecule has 0 aliphatic rings. The Morgan fingerprint density at radius 3 is 2.82 bits per heavy atom. The monoisotopic (exact) mass is 248 g/mol. The van der Waals surface area contributed by atoms with Crippen molar-refractivity contribution in [3.8, 4) is 0 Å². The number of fused-ring (bicyclic) bond motifs is 1. The number of aliphatic carboxylic acids is 1. The maximum atomic E-state index is 11.4. The van der Waals surface area contributed by atoms with Crippen molar-refractivity contribution in [3.05, 3.63) is 36.4 Å². The van der Waals surface area contributed by atoms with Crippen LogP contribution >= 0.6 is 11.5 Å². The first-order valence-electron chi connectivity index (χ1n) is 4.73. The first kappa shape index (κ1) is 11.3. The largest absolute Gasteiger partial charge is 0.478 e. The van der Waals surface area contributed by atoms with Gasteiger partial charge in [0.1, 0.15) is 5.00 Å². The van der Waals surface area contributed by atoms with Gasteiger partial charge in [0.15, 0.2) is 0 Å². The highest BCUT2D eigenvalue weighted by molar-refractivity contribution is 7.12. The second kappa shape index (κ2) is 4.75. The van der Waals surface area contributed by atoms with Crippen LogP contribution in [0.15, 0.2) is 36.4 Å². The van der Waals surface area contributed by atoms with Crippen LogP contribution in [0.2, 0.25) is 0 Å². The normalized spacial score (nSPS) is 10.8. The third-order valence-electron chi connectivity index (χ3n) is 2.00. The Morgan fingerprint density at radius 2 is 2.06 bits per heavy atom. The van der Waals surface area contributed by atoms with Crippen LogP contribution in [0.1, 0.15) is 0 Å². The minimum atomic E-state index is -1.16. The van der Waals surface area contributed by atoms with Gasteiger partial charge in [-0.05, 0) is 23.7 Å². The third kappa shape index (κ3) is 2.67. The van der Waals surface area contributed by atoms with Crippen molar-refractivity contribution in [2.75, 3.05) is 5.32 Å². The molecule has 0 aliphatic heterocycles. The van der Waals surface area contributed by atoms with Crippen molar-refractivity contribution in [3.63, 3.8) is 0 Å². The van der Waals surface area contributed by atoms with Crippen molar-refractivity contribution in [2.45, 2.75) is 0 Å². The predicted octanol–water partition coefficient (Wildman–Crippen LogP) is 1.88. The maximum Gasteiger partial charge on any atom is 0.328 e. The average molecular weight is 248 g/mol. The SMILES string of the molecule is O=C(O)/C=C/C(=O)Nc1snc2ccccc12. The Labute approximate surface area is 101 Å². The van der Waals surface area contributed by atoms with Crippen LogP contribution < -0.4 is 5.32 Å². The second-order valence-corrected chi connectivity index (χ2v) is 3.96. The lowest BCUT2D eigenvalue weighted by Crippen LogP contribution is -2.07. The number of carbonyl (C=O) groups excluding carboxylic acids is 1. The maximum absolute atomic E-state index is 11.4. The topological polar surface area (TPSA) is 79.3 Å². The smallest absolute Gasteiger partial charge is 0.328 e. The van der Waals surface area contributed by atoms with Crippen LogP contribution in [0.4, 0.5) is 5.00 Å². The van der Waals surface area contributed by atoms with Gasteiger partial charge in [0, 0.05) is 17.5 Å². The lowest BCUT2D eigenvalue weighted by atomic mass is 10.2. The fourth-order valence-electron chi connectivity index (χ4n) is 1.28. The summed E-state index contributed by atoms with van der Waals surface area (Å²) >= 11 is 1.16. The molecule has 0 aliphatic carbocycles. The first-order valence-corrected chi connectivity index (χ1v) is 5.50. The molecule has 1 aromatic carbocycles. The fourth-order valence-corrected chi connectivity index (χ4v) is 2.05. The van der Waals surface area contributed by atoms with Crippen LogP contribution in [0, 0.1) is 0 Å². The minimum absolute atomic E-state index is 0.484. The van der Waals surface area contributed by atoms with E-state index in [1.54, 1.807) is 0 Å². The molecule has 6 heteroatoms. The highest BCUT2D eigenvalue weighted by atomic mass is 32.1. The highest BCUT2D eigenvalue weighted by Crippen LogP contribution is 2.26. The molecule has 0 saturated carbocycles. The van der Waals surface area contributed by atoms with E-state index in [-0.39, 0.29) is 0 Å². The highest BCUT2D eigenvalue weighted by Gasteiger charge is 2.06. The molecule has 86 valence electrons. The molecule has 0 fully saturated rings. The molecule has 0 saturated heterocycles. The Morgan fingerprint density at radius 1 is 1.29 bits per heavy atom. The summed E-state index contributed by atoms with van der Waals surface area (Å²) < 4.78 is 4.15. The Kier molecular flexibility index (Phi) is 3.15. The zero-order chi connectivity index (χ0) is 12.3. The Balaban J connectivity index is 2.19. The van der Waals surface area contributed by atoms with E-state index in [2.05, 4.69) is 9.69 Å². The van der Waals surface area contributed by atoms with Crippen LogP contribution in [-0.2, 0) is 9.59 Å². The molecule has 2 aromatic rings. The second-order valence-electron chi connectivity index (χ2n) is 3.19. The summed E-state index contributed by atoms with van der Waals surface area (Å²) in [7, 11) is 0. The number of hydrogen-bond donors (Lipinski definition) is 2. The number of amides is 1. The van der Waals surface area contributed by atoms with Gasteiger partial charge in [0.25, 0.3) is 0 Å². The van der Waals surface area contributed by atoms with E-state index in [1.165, 1.54) is 0 Å². The molecule has 0 spiro atoms. The first-order chi connectivity index (χ1) is 8.16. The van der Waals surface area contributed by atoms with E-state index < -0.39 is 11.9 Å². The van der Waals surface area contributed by atoms with Crippen LogP contribution in [0.25, 0.3) is 10.9 Å². The summed E-state index contributed by atoms with van der Waals surface area (Å²) in [5.41, 5.74) is 0.801. The Bertz CT molecular complexity index is 604. The summed E-state index contributed by atoms with van der Waals surface area (Å²) in [6.45, 7) is 0. The van der Waals surface area contributed by atoms with Crippen molar-refractivity contribution < 1.29 is 14.7 Å². The summed E-state index contributed by atoms with van der Waals surface area (Å²) in [6.07, 6.45) is 1.76. The molecule has 5 nitrogen and oxygen atoms in total. The number of carboxylic acids is 1. The molecular weight excluding hydrogens is 240 g/mol. The lowest BCUT2D eigenvalue weighted by Gasteiger charge is -1.97. The molecule has 17 heavy (non-hydrogen) atoms. The number of benzene rings is 1. The average Bonchev–Trinajstić information content (AvgIpc) is 2.70. The quantitative estimate of drug-likeness (QED) is 0.813. The summed E-state index contributed by atoms with van der Waals surface area (Å²) in [4.78, 5) is 21.6. The van der Waals surface area contributed by atoms with Crippen molar-refractivity contribution in [1.29, 1.82) is 0 Å². The zero-order valence-electron chi connectivity index (χ0n) is 8.58. The third-order valence-corrected chi connectivity index (χ3v) is 2.79. The number of hydrogen-bond acceptors (Lipinski definition) is 4. The lowest BCUT2D eigenvalue weighted by molar-refractivity contribution is -0.131. The molecule has 1 aromatic heterocycles. The molecule has 1 heterocycles. The van der Waals surface area contributed by atoms with Crippen molar-refractivity contribution in [1.82, 2.24) is 4.37 Å². The molecule has 0 bridgehead atoms. The standard InChI is InChI=1S/C11H8N2O3S/c14-9(5-6-10(15)16)12-11-7-3-1-2-4-8(7)13-17-11/h1-6H,(H,12,14)(H,15,16)/b6-5+. The predicted molar refractivity (Wildman–Crippen MR) is 65.0 cm³/mol. The number of nitrogens with zero attached hydrogens (tertiary/aromatic N) is 1. The van der Waals surface area contributed by atoms with Crippen molar-refractivity contribution >= 4 is 39.3 Å². The van der Waals surface area contributed by atoms with Gasteiger partial charge in [-0.1, -0.05) is 12.1 Å². The molecule has 0 unspecified atom stereocenters. The van der Waals surface area contributed by atoms with E-state index in [9.17, 15) is 9.59 Å². The zero-order valence-corrected chi connectivity index (χ0v) is 9.40. The summed E-state index contributed by atoms with van der Waals surface area (Å²) in [5, 5.41) is 12.4. The molecule has 0 atom stereocenters.